The Morgan fingerprint density at radius 2 is 1.81 bits per heavy atom. The van der Waals surface area contributed by atoms with E-state index in [2.05, 4.69) is 10.6 Å². The van der Waals surface area contributed by atoms with Gasteiger partial charge in [0.25, 0.3) is 11.8 Å². The topological polar surface area (TPSA) is 67.4 Å². The molecule has 2 rings (SSSR count). The van der Waals surface area contributed by atoms with E-state index in [0.29, 0.717) is 46.6 Å². The van der Waals surface area contributed by atoms with Gasteiger partial charge in [0, 0.05) is 25.3 Å². The Morgan fingerprint density at radius 3 is 2.54 bits per heavy atom. The second kappa shape index (κ2) is 10.2. The molecule has 0 aliphatic rings. The number of nitrogens with one attached hydrogen (secondary N) is 2. The van der Waals surface area contributed by atoms with Crippen LogP contribution in [0.1, 0.15) is 34.1 Å². The van der Waals surface area contributed by atoms with E-state index in [1.54, 1.807) is 36.4 Å². The first-order chi connectivity index (χ1) is 12.5. The molecule has 0 saturated carbocycles. The molecule has 2 aromatic carbocycles. The highest BCUT2D eigenvalue weighted by molar-refractivity contribution is 6.42. The van der Waals surface area contributed by atoms with Gasteiger partial charge in [-0.05, 0) is 43.7 Å². The summed E-state index contributed by atoms with van der Waals surface area (Å²) in [7, 11) is 0. The number of carbonyl (C=O) groups is 2. The molecule has 0 unspecified atom stereocenters. The fraction of sp³-hybridized carbons (Fsp3) is 0.263. The maximum atomic E-state index is 12.4. The van der Waals surface area contributed by atoms with Crippen LogP contribution < -0.4 is 10.6 Å². The van der Waals surface area contributed by atoms with Gasteiger partial charge in [0.05, 0.1) is 21.3 Å². The molecule has 2 N–H and O–H groups in total. The van der Waals surface area contributed by atoms with Gasteiger partial charge in [-0.25, -0.2) is 0 Å². The predicted molar refractivity (Wildman–Crippen MR) is 104 cm³/mol. The fourth-order valence-electron chi connectivity index (χ4n) is 2.24. The van der Waals surface area contributed by atoms with Crippen molar-refractivity contribution >= 4 is 40.7 Å². The lowest BCUT2D eigenvalue weighted by molar-refractivity contribution is 0.0945. The number of rotatable bonds is 8. The molecule has 0 atom stereocenters. The first-order valence-corrected chi connectivity index (χ1v) is 9.00. The third kappa shape index (κ3) is 5.73. The van der Waals surface area contributed by atoms with Crippen molar-refractivity contribution in [2.45, 2.75) is 13.3 Å². The summed E-state index contributed by atoms with van der Waals surface area (Å²) in [6.45, 7) is 3.66. The lowest BCUT2D eigenvalue weighted by Crippen LogP contribution is -2.26. The summed E-state index contributed by atoms with van der Waals surface area (Å²) in [4.78, 5) is 24.8. The van der Waals surface area contributed by atoms with Gasteiger partial charge in [0.15, 0.2) is 0 Å². The van der Waals surface area contributed by atoms with Crippen molar-refractivity contribution in [3.8, 4) is 0 Å². The summed E-state index contributed by atoms with van der Waals surface area (Å²) in [5.74, 6) is -0.633. The van der Waals surface area contributed by atoms with Crippen LogP contribution in [0, 0.1) is 0 Å². The lowest BCUT2D eigenvalue weighted by atomic mass is 10.1. The zero-order valence-electron chi connectivity index (χ0n) is 14.4. The number of benzene rings is 2. The number of ether oxygens (including phenoxy) is 1. The van der Waals surface area contributed by atoms with Crippen LogP contribution in [0.5, 0.6) is 0 Å². The number of amides is 2. The summed E-state index contributed by atoms with van der Waals surface area (Å²) >= 11 is 11.8. The third-order valence-corrected chi connectivity index (χ3v) is 4.30. The number of hydrogen-bond acceptors (Lipinski definition) is 3. The van der Waals surface area contributed by atoms with Gasteiger partial charge in [-0.3, -0.25) is 9.59 Å². The number of halogens is 2. The number of para-hydroxylation sites is 1. The van der Waals surface area contributed by atoms with Gasteiger partial charge in [-0.1, -0.05) is 35.3 Å². The van der Waals surface area contributed by atoms with E-state index >= 15 is 0 Å². The van der Waals surface area contributed by atoms with Gasteiger partial charge >= 0.3 is 0 Å². The smallest absolute Gasteiger partial charge is 0.255 e. The second-order valence-electron chi connectivity index (χ2n) is 5.43. The standard InChI is InChI=1S/C19H20Cl2N2O3/c1-2-26-11-5-10-22-19(25)14-6-3-4-7-17(14)23-18(24)13-8-9-15(20)16(21)12-13/h3-4,6-9,12H,2,5,10-11H2,1H3,(H,22,25)(H,23,24). The monoisotopic (exact) mass is 394 g/mol. The van der Waals surface area contributed by atoms with Gasteiger partial charge in [0.1, 0.15) is 0 Å². The summed E-state index contributed by atoms with van der Waals surface area (Å²) in [6, 6.07) is 11.4. The molecule has 2 amide bonds. The molecule has 0 aromatic heterocycles. The molecule has 26 heavy (non-hydrogen) atoms. The summed E-state index contributed by atoms with van der Waals surface area (Å²) in [6.07, 6.45) is 0.720. The van der Waals surface area contributed by atoms with Gasteiger partial charge in [-0.2, -0.15) is 0 Å². The molecular formula is C19H20Cl2N2O3. The maximum Gasteiger partial charge on any atom is 0.255 e. The molecule has 0 radical (unpaired) electrons. The molecular weight excluding hydrogens is 375 g/mol. The molecule has 5 nitrogen and oxygen atoms in total. The molecule has 0 saturated heterocycles. The van der Waals surface area contributed by atoms with Crippen LogP contribution in [0.2, 0.25) is 10.0 Å². The van der Waals surface area contributed by atoms with Crippen LogP contribution in [0.25, 0.3) is 0 Å². The van der Waals surface area contributed by atoms with Crippen molar-refractivity contribution in [1.29, 1.82) is 0 Å². The molecule has 138 valence electrons. The van der Waals surface area contributed by atoms with Crippen LogP contribution in [0.3, 0.4) is 0 Å². The van der Waals surface area contributed by atoms with Crippen LogP contribution in [-0.4, -0.2) is 31.6 Å². The molecule has 0 bridgehead atoms. The first kappa shape index (κ1) is 20.2. The van der Waals surface area contributed by atoms with Crippen molar-refractivity contribution in [3.63, 3.8) is 0 Å². The summed E-state index contributed by atoms with van der Waals surface area (Å²) < 4.78 is 5.24. The third-order valence-electron chi connectivity index (χ3n) is 3.56. The molecule has 7 heteroatoms. The number of hydrogen-bond donors (Lipinski definition) is 2. The molecule has 0 spiro atoms. The number of anilines is 1. The Balaban J connectivity index is 2.04. The first-order valence-electron chi connectivity index (χ1n) is 8.24. The Hall–Kier alpha value is -2.08. The van der Waals surface area contributed by atoms with E-state index in [9.17, 15) is 9.59 Å². The zero-order valence-corrected chi connectivity index (χ0v) is 15.9. The van der Waals surface area contributed by atoms with Crippen molar-refractivity contribution in [1.82, 2.24) is 5.32 Å². The summed E-state index contributed by atoms with van der Waals surface area (Å²) in [5, 5.41) is 6.22. The van der Waals surface area contributed by atoms with Crippen LogP contribution in [0.4, 0.5) is 5.69 Å². The van der Waals surface area contributed by atoms with E-state index in [1.807, 2.05) is 6.92 Å². The second-order valence-corrected chi connectivity index (χ2v) is 6.25. The molecule has 0 aliphatic carbocycles. The summed E-state index contributed by atoms with van der Waals surface area (Å²) in [5.41, 5.74) is 1.16. The minimum Gasteiger partial charge on any atom is -0.382 e. The normalized spacial score (nSPS) is 10.4. The SMILES string of the molecule is CCOCCCNC(=O)c1ccccc1NC(=O)c1ccc(Cl)c(Cl)c1. The van der Waals surface area contributed by atoms with E-state index in [-0.39, 0.29) is 11.8 Å². The van der Waals surface area contributed by atoms with E-state index in [0.717, 1.165) is 6.42 Å². The van der Waals surface area contributed by atoms with Crippen LogP contribution in [0.15, 0.2) is 42.5 Å². The van der Waals surface area contributed by atoms with Crippen LogP contribution >= 0.6 is 23.2 Å². The quantitative estimate of drug-likeness (QED) is 0.651. The van der Waals surface area contributed by atoms with E-state index in [1.165, 1.54) is 6.07 Å². The fourth-order valence-corrected chi connectivity index (χ4v) is 2.54. The molecule has 2 aromatic rings. The van der Waals surface area contributed by atoms with E-state index < -0.39 is 0 Å². The Morgan fingerprint density at radius 1 is 1.04 bits per heavy atom. The van der Waals surface area contributed by atoms with Crippen molar-refractivity contribution in [2.75, 3.05) is 25.1 Å². The molecule has 0 aliphatic heterocycles. The highest BCUT2D eigenvalue weighted by Crippen LogP contribution is 2.23. The van der Waals surface area contributed by atoms with Gasteiger partial charge in [-0.15, -0.1) is 0 Å². The van der Waals surface area contributed by atoms with Crippen molar-refractivity contribution in [3.05, 3.63) is 63.6 Å². The average Bonchev–Trinajstić information content (AvgIpc) is 2.64. The zero-order chi connectivity index (χ0) is 18.9. The minimum absolute atomic E-state index is 0.258. The maximum absolute atomic E-state index is 12.4. The van der Waals surface area contributed by atoms with Crippen LogP contribution in [-0.2, 0) is 4.74 Å². The minimum atomic E-state index is -0.375. The lowest BCUT2D eigenvalue weighted by Gasteiger charge is -2.12. The van der Waals surface area contributed by atoms with E-state index in [4.69, 9.17) is 27.9 Å². The molecule has 0 fully saturated rings. The van der Waals surface area contributed by atoms with Crippen molar-refractivity contribution in [2.24, 2.45) is 0 Å². The average molecular weight is 395 g/mol. The van der Waals surface area contributed by atoms with Gasteiger partial charge < -0.3 is 15.4 Å². The Labute approximate surface area is 162 Å². The largest absolute Gasteiger partial charge is 0.382 e. The van der Waals surface area contributed by atoms with Gasteiger partial charge in [0.2, 0.25) is 0 Å². The highest BCUT2D eigenvalue weighted by Gasteiger charge is 2.14. The molecule has 0 heterocycles. The Bertz CT molecular complexity index is 781. The highest BCUT2D eigenvalue weighted by atomic mass is 35.5. The predicted octanol–water partition coefficient (Wildman–Crippen LogP) is 4.40. The number of carbonyl (C=O) groups excluding carboxylic acids is 2. The Kier molecular flexibility index (Phi) is 7.91. The van der Waals surface area contributed by atoms with Crippen molar-refractivity contribution < 1.29 is 14.3 Å².